The number of phenolic OH excluding ortho intramolecular Hbond substituents is 1. The summed E-state index contributed by atoms with van der Waals surface area (Å²) >= 11 is 3.41. The minimum atomic E-state index is -1.01. The van der Waals surface area contributed by atoms with E-state index in [1.54, 1.807) is 42.5 Å². The Labute approximate surface area is 221 Å². The summed E-state index contributed by atoms with van der Waals surface area (Å²) < 4.78 is 11.8. The summed E-state index contributed by atoms with van der Waals surface area (Å²) in [5, 5.41) is 22.2. The molecule has 0 bridgehead atoms. The molecule has 5 rings (SSSR count). The van der Waals surface area contributed by atoms with E-state index in [0.29, 0.717) is 22.2 Å². The Hall–Kier alpha value is -4.04. The number of hydrogen-bond donors (Lipinski definition) is 2. The van der Waals surface area contributed by atoms with Crippen molar-refractivity contribution in [3.05, 3.63) is 99.4 Å². The van der Waals surface area contributed by atoms with Gasteiger partial charge >= 0.3 is 0 Å². The SMILES string of the molecule is COc1ccc(C2C(C(=O)c3cc4cc(Br)ccc4o3)=C(O)C(=O)N2c2ccc(C(C)C)cc2)cc1O. The van der Waals surface area contributed by atoms with Crippen LogP contribution in [0.15, 0.2) is 87.0 Å². The number of ketones is 1. The molecule has 0 spiro atoms. The van der Waals surface area contributed by atoms with Crippen LogP contribution in [-0.2, 0) is 4.79 Å². The van der Waals surface area contributed by atoms with Crippen LogP contribution in [0.1, 0.15) is 47.5 Å². The Morgan fingerprint density at radius 3 is 2.41 bits per heavy atom. The number of rotatable bonds is 6. The van der Waals surface area contributed by atoms with E-state index < -0.39 is 23.5 Å². The van der Waals surface area contributed by atoms with E-state index in [-0.39, 0.29) is 28.8 Å². The van der Waals surface area contributed by atoms with Gasteiger partial charge in [0.2, 0.25) is 5.78 Å². The van der Waals surface area contributed by atoms with Gasteiger partial charge in [0.05, 0.1) is 18.7 Å². The number of halogens is 1. The van der Waals surface area contributed by atoms with Crippen molar-refractivity contribution in [2.75, 3.05) is 12.0 Å². The lowest BCUT2D eigenvalue weighted by Gasteiger charge is -2.27. The van der Waals surface area contributed by atoms with Crippen LogP contribution in [0.3, 0.4) is 0 Å². The number of aliphatic hydroxyl groups excluding tert-OH is 1. The number of benzene rings is 3. The van der Waals surface area contributed by atoms with Gasteiger partial charge in [-0.15, -0.1) is 0 Å². The van der Waals surface area contributed by atoms with Gasteiger partial charge in [0, 0.05) is 15.5 Å². The average molecular weight is 562 g/mol. The quantitative estimate of drug-likeness (QED) is 0.250. The van der Waals surface area contributed by atoms with Crippen LogP contribution in [0, 0.1) is 0 Å². The number of carbonyl (C=O) groups excluding carboxylic acids is 2. The lowest BCUT2D eigenvalue weighted by atomic mass is 9.94. The number of nitrogens with zero attached hydrogens (tertiary/aromatic N) is 1. The number of furan rings is 1. The molecule has 0 radical (unpaired) electrons. The highest BCUT2D eigenvalue weighted by Crippen LogP contribution is 2.44. The van der Waals surface area contributed by atoms with E-state index in [1.807, 2.05) is 18.2 Å². The molecule has 2 N–H and O–H groups in total. The second-order valence-electron chi connectivity index (χ2n) is 9.14. The largest absolute Gasteiger partial charge is 0.504 e. The predicted octanol–water partition coefficient (Wildman–Crippen LogP) is 6.82. The molecule has 3 aromatic carbocycles. The number of amides is 1. The van der Waals surface area contributed by atoms with Crippen LogP contribution < -0.4 is 9.64 Å². The molecule has 7 nitrogen and oxygen atoms in total. The van der Waals surface area contributed by atoms with Gasteiger partial charge < -0.3 is 19.4 Å². The number of ether oxygens (including phenoxy) is 1. The highest BCUT2D eigenvalue weighted by molar-refractivity contribution is 9.10. The fourth-order valence-electron chi connectivity index (χ4n) is 4.57. The maximum atomic E-state index is 13.8. The standard InChI is InChI=1S/C29H24BrNO6/c1-15(2)16-4-8-20(9-5-16)31-26(17-6-10-23(36-3)21(32)13-17)25(28(34)29(31)35)27(33)24-14-18-12-19(30)7-11-22(18)37-24/h4-15,26,32,34H,1-3H3. The van der Waals surface area contributed by atoms with Gasteiger partial charge in [-0.05, 0) is 65.6 Å². The van der Waals surface area contributed by atoms with E-state index in [1.165, 1.54) is 18.1 Å². The van der Waals surface area contributed by atoms with Crippen molar-refractivity contribution in [1.82, 2.24) is 0 Å². The van der Waals surface area contributed by atoms with Gasteiger partial charge in [0.25, 0.3) is 5.91 Å². The molecule has 0 saturated carbocycles. The topological polar surface area (TPSA) is 100 Å². The molecule has 2 heterocycles. The maximum absolute atomic E-state index is 13.8. The van der Waals surface area contributed by atoms with Crippen molar-refractivity contribution < 1.29 is 29.0 Å². The molecule has 188 valence electrons. The second-order valence-corrected chi connectivity index (χ2v) is 10.1. The number of Topliss-reactive ketones (excluding diaryl/α,β-unsaturated/α-hetero) is 1. The lowest BCUT2D eigenvalue weighted by molar-refractivity contribution is -0.117. The molecular formula is C29H24BrNO6. The minimum absolute atomic E-state index is 0.0119. The van der Waals surface area contributed by atoms with E-state index in [4.69, 9.17) is 9.15 Å². The first kappa shape index (κ1) is 24.6. The van der Waals surface area contributed by atoms with Crippen LogP contribution in [0.2, 0.25) is 0 Å². The molecular weight excluding hydrogens is 538 g/mol. The molecule has 1 atom stereocenters. The highest BCUT2D eigenvalue weighted by Gasteiger charge is 2.45. The summed E-state index contributed by atoms with van der Waals surface area (Å²) in [4.78, 5) is 28.6. The smallest absolute Gasteiger partial charge is 0.294 e. The summed E-state index contributed by atoms with van der Waals surface area (Å²) in [5.74, 6) is -1.66. The molecule has 4 aromatic rings. The maximum Gasteiger partial charge on any atom is 0.294 e. The third-order valence-corrected chi connectivity index (χ3v) is 7.00. The molecule has 1 unspecified atom stereocenters. The second kappa shape index (κ2) is 9.44. The van der Waals surface area contributed by atoms with Gasteiger partial charge in [-0.1, -0.05) is 48.0 Å². The Bertz CT molecular complexity index is 1570. The van der Waals surface area contributed by atoms with Crippen LogP contribution >= 0.6 is 15.9 Å². The van der Waals surface area contributed by atoms with Gasteiger partial charge in [0.1, 0.15) is 5.58 Å². The van der Waals surface area contributed by atoms with Gasteiger partial charge in [-0.2, -0.15) is 0 Å². The number of aliphatic hydroxyl groups is 1. The third kappa shape index (κ3) is 4.27. The first-order valence-corrected chi connectivity index (χ1v) is 12.5. The third-order valence-electron chi connectivity index (χ3n) is 6.51. The monoisotopic (exact) mass is 561 g/mol. The molecule has 37 heavy (non-hydrogen) atoms. The molecule has 1 aliphatic rings. The van der Waals surface area contributed by atoms with Crippen molar-refractivity contribution in [1.29, 1.82) is 0 Å². The molecule has 0 aliphatic carbocycles. The number of anilines is 1. The summed E-state index contributed by atoms with van der Waals surface area (Å²) in [6.45, 7) is 4.13. The van der Waals surface area contributed by atoms with Gasteiger partial charge in [-0.3, -0.25) is 14.5 Å². The van der Waals surface area contributed by atoms with Crippen molar-refractivity contribution in [3.8, 4) is 11.5 Å². The molecule has 1 aliphatic heterocycles. The lowest BCUT2D eigenvalue weighted by Crippen LogP contribution is -2.31. The normalized spacial score (nSPS) is 15.8. The Kier molecular flexibility index (Phi) is 6.29. The fraction of sp³-hybridized carbons (Fsp3) is 0.172. The van der Waals surface area contributed by atoms with Crippen LogP contribution in [-0.4, -0.2) is 29.0 Å². The summed E-state index contributed by atoms with van der Waals surface area (Å²) in [6, 6.07) is 17.9. The number of aromatic hydroxyl groups is 1. The zero-order valence-electron chi connectivity index (χ0n) is 20.4. The fourth-order valence-corrected chi connectivity index (χ4v) is 4.95. The number of carbonyl (C=O) groups is 2. The zero-order valence-corrected chi connectivity index (χ0v) is 21.9. The van der Waals surface area contributed by atoms with Crippen molar-refractivity contribution in [2.45, 2.75) is 25.8 Å². The molecule has 1 amide bonds. The highest BCUT2D eigenvalue weighted by atomic mass is 79.9. The first-order valence-electron chi connectivity index (χ1n) is 11.7. The number of phenols is 1. The summed E-state index contributed by atoms with van der Waals surface area (Å²) in [6.07, 6.45) is 0. The van der Waals surface area contributed by atoms with Crippen molar-refractivity contribution in [3.63, 3.8) is 0 Å². The molecule has 0 saturated heterocycles. The number of hydrogen-bond acceptors (Lipinski definition) is 6. The van der Waals surface area contributed by atoms with Crippen molar-refractivity contribution >= 4 is 44.3 Å². The predicted molar refractivity (Wildman–Crippen MR) is 143 cm³/mol. The first-order chi connectivity index (χ1) is 17.7. The summed E-state index contributed by atoms with van der Waals surface area (Å²) in [7, 11) is 1.43. The number of methoxy groups -OCH3 is 1. The Morgan fingerprint density at radius 1 is 1.03 bits per heavy atom. The van der Waals surface area contributed by atoms with E-state index in [9.17, 15) is 19.8 Å². The molecule has 1 aromatic heterocycles. The number of fused-ring (bicyclic) bond motifs is 1. The van der Waals surface area contributed by atoms with E-state index in [0.717, 1.165) is 10.0 Å². The van der Waals surface area contributed by atoms with Crippen LogP contribution in [0.4, 0.5) is 5.69 Å². The molecule has 0 fully saturated rings. The zero-order chi connectivity index (χ0) is 26.4. The van der Waals surface area contributed by atoms with Gasteiger partial charge in [0.15, 0.2) is 23.0 Å². The Morgan fingerprint density at radius 2 is 1.76 bits per heavy atom. The minimum Gasteiger partial charge on any atom is -0.504 e. The molecule has 8 heteroatoms. The summed E-state index contributed by atoms with van der Waals surface area (Å²) in [5.41, 5.74) is 2.36. The average Bonchev–Trinajstić information content (AvgIpc) is 3.42. The van der Waals surface area contributed by atoms with E-state index >= 15 is 0 Å². The Balaban J connectivity index is 1.65. The van der Waals surface area contributed by atoms with Crippen LogP contribution in [0.25, 0.3) is 11.0 Å². The van der Waals surface area contributed by atoms with Crippen LogP contribution in [0.5, 0.6) is 11.5 Å². The van der Waals surface area contributed by atoms with E-state index in [2.05, 4.69) is 29.8 Å². The van der Waals surface area contributed by atoms with Gasteiger partial charge in [-0.25, -0.2) is 0 Å². The van der Waals surface area contributed by atoms with Crippen molar-refractivity contribution in [2.24, 2.45) is 0 Å².